The predicted octanol–water partition coefficient (Wildman–Crippen LogP) is 2.34. The van der Waals surface area contributed by atoms with E-state index in [9.17, 15) is 4.79 Å². The number of hydrogen-bond donors (Lipinski definition) is 2. The summed E-state index contributed by atoms with van der Waals surface area (Å²) in [6.07, 6.45) is 0.409. The highest BCUT2D eigenvalue weighted by Crippen LogP contribution is 2.16. The lowest BCUT2D eigenvalue weighted by Crippen LogP contribution is -3.04. The van der Waals surface area contributed by atoms with Gasteiger partial charge in [-0.2, -0.15) is 0 Å². The molecule has 0 radical (unpaired) electrons. The van der Waals surface area contributed by atoms with E-state index in [-0.39, 0.29) is 5.91 Å². The zero-order valence-corrected chi connectivity index (χ0v) is 14.9. The highest BCUT2D eigenvalue weighted by Gasteiger charge is 2.08. The van der Waals surface area contributed by atoms with E-state index >= 15 is 0 Å². The third-order valence-electron chi connectivity index (χ3n) is 4.32. The van der Waals surface area contributed by atoms with Gasteiger partial charge in [0, 0.05) is 12.1 Å². The standard InChI is InChI=1S/C22H24N2O/c1-24(2)16-21-10-6-5-9-20(21)15-23-22(25)14-17-11-12-18-7-3-4-8-19(18)13-17/h3-13H,14-16H2,1-2H3,(H,23,25)/p+1. The van der Waals surface area contributed by atoms with Gasteiger partial charge in [0.1, 0.15) is 6.54 Å². The first-order valence-corrected chi connectivity index (χ1v) is 8.72. The van der Waals surface area contributed by atoms with Crippen LogP contribution in [-0.4, -0.2) is 20.0 Å². The van der Waals surface area contributed by atoms with Gasteiger partial charge in [-0.15, -0.1) is 0 Å². The molecule has 3 aromatic rings. The van der Waals surface area contributed by atoms with Gasteiger partial charge < -0.3 is 10.2 Å². The van der Waals surface area contributed by atoms with Crippen molar-refractivity contribution >= 4 is 16.7 Å². The maximum absolute atomic E-state index is 12.3. The zero-order valence-electron chi connectivity index (χ0n) is 14.9. The summed E-state index contributed by atoms with van der Waals surface area (Å²) in [5.74, 6) is 0.0577. The molecule has 0 heterocycles. The van der Waals surface area contributed by atoms with Gasteiger partial charge in [-0.1, -0.05) is 66.7 Å². The largest absolute Gasteiger partial charge is 0.352 e. The van der Waals surface area contributed by atoms with Gasteiger partial charge >= 0.3 is 0 Å². The van der Waals surface area contributed by atoms with Gasteiger partial charge in [-0.25, -0.2) is 0 Å². The third-order valence-corrected chi connectivity index (χ3v) is 4.32. The second-order valence-corrected chi connectivity index (χ2v) is 6.79. The average Bonchev–Trinajstić information content (AvgIpc) is 2.60. The minimum atomic E-state index is 0.0577. The molecular formula is C22H25N2O+. The molecule has 0 saturated carbocycles. The summed E-state index contributed by atoms with van der Waals surface area (Å²) >= 11 is 0. The minimum absolute atomic E-state index is 0.0577. The fourth-order valence-corrected chi connectivity index (χ4v) is 3.07. The van der Waals surface area contributed by atoms with E-state index in [4.69, 9.17) is 0 Å². The summed E-state index contributed by atoms with van der Waals surface area (Å²) in [6.45, 7) is 1.53. The fraction of sp³-hybridized carbons (Fsp3) is 0.227. The predicted molar refractivity (Wildman–Crippen MR) is 102 cm³/mol. The molecule has 3 nitrogen and oxygen atoms in total. The summed E-state index contributed by atoms with van der Waals surface area (Å²) in [5.41, 5.74) is 3.52. The van der Waals surface area contributed by atoms with Gasteiger partial charge in [0.25, 0.3) is 0 Å². The second-order valence-electron chi connectivity index (χ2n) is 6.79. The van der Waals surface area contributed by atoms with Crippen LogP contribution in [0.2, 0.25) is 0 Å². The fourth-order valence-electron chi connectivity index (χ4n) is 3.07. The lowest BCUT2D eigenvalue weighted by Gasteiger charge is -2.13. The topological polar surface area (TPSA) is 33.5 Å². The van der Waals surface area contributed by atoms with Crippen molar-refractivity contribution in [3.8, 4) is 0 Å². The quantitative estimate of drug-likeness (QED) is 0.713. The van der Waals surface area contributed by atoms with Crippen LogP contribution in [-0.2, 0) is 24.3 Å². The molecule has 0 bridgehead atoms. The molecule has 0 aliphatic rings. The van der Waals surface area contributed by atoms with Crippen LogP contribution < -0.4 is 10.2 Å². The number of benzene rings is 3. The molecule has 0 atom stereocenters. The van der Waals surface area contributed by atoms with E-state index in [1.54, 1.807) is 0 Å². The third kappa shape index (κ3) is 4.68. The molecule has 3 aromatic carbocycles. The molecule has 0 fully saturated rings. The first-order chi connectivity index (χ1) is 12.1. The highest BCUT2D eigenvalue weighted by molar-refractivity contribution is 5.85. The molecule has 128 valence electrons. The van der Waals surface area contributed by atoms with Crippen LogP contribution in [0.4, 0.5) is 0 Å². The lowest BCUT2D eigenvalue weighted by atomic mass is 10.0. The van der Waals surface area contributed by atoms with E-state index in [1.807, 2.05) is 24.3 Å². The number of hydrogen-bond acceptors (Lipinski definition) is 1. The van der Waals surface area contributed by atoms with Crippen LogP contribution in [0.3, 0.4) is 0 Å². The van der Waals surface area contributed by atoms with Crippen molar-refractivity contribution in [2.75, 3.05) is 14.1 Å². The van der Waals surface area contributed by atoms with Crippen molar-refractivity contribution in [2.24, 2.45) is 0 Å². The van der Waals surface area contributed by atoms with Crippen LogP contribution in [0.5, 0.6) is 0 Å². The molecule has 0 saturated heterocycles. The number of nitrogens with one attached hydrogen (secondary N) is 2. The van der Waals surface area contributed by atoms with Crippen molar-refractivity contribution in [1.82, 2.24) is 5.32 Å². The average molecular weight is 333 g/mol. The molecule has 0 aliphatic heterocycles. The molecule has 0 unspecified atom stereocenters. The Morgan fingerprint density at radius 2 is 1.56 bits per heavy atom. The Hall–Kier alpha value is -2.65. The Balaban J connectivity index is 1.63. The van der Waals surface area contributed by atoms with Crippen molar-refractivity contribution in [2.45, 2.75) is 19.5 Å². The van der Waals surface area contributed by atoms with E-state index in [0.717, 1.165) is 12.1 Å². The number of carbonyl (C=O) groups excluding carboxylic acids is 1. The Morgan fingerprint density at radius 3 is 2.32 bits per heavy atom. The lowest BCUT2D eigenvalue weighted by molar-refractivity contribution is -0.872. The van der Waals surface area contributed by atoms with Crippen LogP contribution in [0.15, 0.2) is 66.7 Å². The maximum atomic E-state index is 12.3. The van der Waals surface area contributed by atoms with Gasteiger partial charge in [-0.3, -0.25) is 4.79 Å². The van der Waals surface area contributed by atoms with E-state index < -0.39 is 0 Å². The summed E-state index contributed by atoms with van der Waals surface area (Å²) in [6, 6.07) is 22.7. The van der Waals surface area contributed by atoms with Crippen molar-refractivity contribution in [1.29, 1.82) is 0 Å². The Kier molecular flexibility index (Phi) is 5.46. The monoisotopic (exact) mass is 333 g/mol. The molecule has 1 amide bonds. The smallest absolute Gasteiger partial charge is 0.224 e. The number of fused-ring (bicyclic) bond motifs is 1. The second kappa shape index (κ2) is 7.95. The number of quaternary nitrogens is 1. The van der Waals surface area contributed by atoms with Crippen LogP contribution in [0.25, 0.3) is 10.8 Å². The van der Waals surface area contributed by atoms with E-state index in [0.29, 0.717) is 13.0 Å². The summed E-state index contributed by atoms with van der Waals surface area (Å²) in [5, 5.41) is 5.43. The molecule has 3 rings (SSSR count). The van der Waals surface area contributed by atoms with E-state index in [1.165, 1.54) is 26.8 Å². The summed E-state index contributed by atoms with van der Waals surface area (Å²) in [7, 11) is 4.27. The Morgan fingerprint density at radius 1 is 0.880 bits per heavy atom. The number of amides is 1. The van der Waals surface area contributed by atoms with E-state index in [2.05, 4.69) is 61.9 Å². The van der Waals surface area contributed by atoms with Gasteiger partial charge in [0.15, 0.2) is 0 Å². The number of rotatable bonds is 6. The summed E-state index contributed by atoms with van der Waals surface area (Å²) in [4.78, 5) is 13.7. The van der Waals surface area contributed by atoms with Crippen LogP contribution in [0.1, 0.15) is 16.7 Å². The summed E-state index contributed by atoms with van der Waals surface area (Å²) < 4.78 is 0. The molecule has 0 spiro atoms. The minimum Gasteiger partial charge on any atom is -0.352 e. The molecule has 3 heteroatoms. The van der Waals surface area contributed by atoms with Gasteiger partial charge in [-0.05, 0) is 21.9 Å². The maximum Gasteiger partial charge on any atom is 0.224 e. The SMILES string of the molecule is C[NH+](C)Cc1ccccc1CNC(=O)Cc1ccc2ccccc2c1. The molecule has 0 aliphatic carbocycles. The van der Waals surface area contributed by atoms with Crippen LogP contribution in [0, 0.1) is 0 Å². The van der Waals surface area contributed by atoms with Crippen molar-refractivity contribution in [3.63, 3.8) is 0 Å². The Labute approximate surface area is 149 Å². The highest BCUT2D eigenvalue weighted by atomic mass is 16.1. The first-order valence-electron chi connectivity index (χ1n) is 8.72. The van der Waals surface area contributed by atoms with Gasteiger partial charge in [0.2, 0.25) is 5.91 Å². The van der Waals surface area contributed by atoms with Gasteiger partial charge in [0.05, 0.1) is 20.5 Å². The molecule has 2 N–H and O–H groups in total. The normalized spacial score (nSPS) is 11.0. The number of carbonyl (C=O) groups is 1. The Bertz CT molecular complexity index is 871. The first kappa shape index (κ1) is 17.2. The molecule has 0 aromatic heterocycles. The van der Waals surface area contributed by atoms with Crippen molar-refractivity contribution in [3.05, 3.63) is 83.4 Å². The molecular weight excluding hydrogens is 308 g/mol. The van der Waals surface area contributed by atoms with Crippen LogP contribution >= 0.6 is 0 Å². The van der Waals surface area contributed by atoms with Crippen molar-refractivity contribution < 1.29 is 9.69 Å². The molecule has 25 heavy (non-hydrogen) atoms. The zero-order chi connectivity index (χ0) is 17.6.